The van der Waals surface area contributed by atoms with E-state index >= 15 is 0 Å². The van der Waals surface area contributed by atoms with Crippen LogP contribution in [-0.2, 0) is 21.8 Å². The third-order valence-corrected chi connectivity index (χ3v) is 2.91. The van der Waals surface area contributed by atoms with Crippen molar-refractivity contribution in [2.45, 2.75) is 18.8 Å². The van der Waals surface area contributed by atoms with Crippen molar-refractivity contribution in [3.63, 3.8) is 0 Å². The average Bonchev–Trinajstić information content (AvgIpc) is 2.73. The molecule has 1 saturated heterocycles. The van der Waals surface area contributed by atoms with E-state index in [-0.39, 0.29) is 0 Å². The zero-order chi connectivity index (χ0) is 8.89. The topological polar surface area (TPSA) is 36.3 Å². The van der Waals surface area contributed by atoms with E-state index in [1.54, 1.807) is 0 Å². The summed E-state index contributed by atoms with van der Waals surface area (Å²) in [5, 5.41) is 0. The Labute approximate surface area is 84.0 Å². The summed E-state index contributed by atoms with van der Waals surface area (Å²) in [4.78, 5) is 4.36. The van der Waals surface area contributed by atoms with Gasteiger partial charge in [-0.3, -0.25) is 0 Å². The predicted octanol–water partition coefficient (Wildman–Crippen LogP) is 1.25. The molecule has 0 bridgehead atoms. The molecule has 0 aromatic carbocycles. The number of nitrogens with zero attached hydrogens (tertiary/aromatic N) is 2. The smallest absolute Gasteiger partial charge is 0.230 e. The molecule has 0 saturated carbocycles. The summed E-state index contributed by atoms with van der Waals surface area (Å²) in [5.74, 6) is 0.364. The van der Waals surface area contributed by atoms with Crippen LogP contribution in [0.15, 0.2) is 10.8 Å². The molecule has 0 aliphatic carbocycles. The predicted molar refractivity (Wildman–Crippen MR) is 48.1 cm³/mol. The highest BCUT2D eigenvalue weighted by molar-refractivity contribution is 9.10. The molecule has 3 heterocycles. The molecule has 0 unspecified atom stereocenters. The van der Waals surface area contributed by atoms with Crippen LogP contribution in [0.1, 0.15) is 12.2 Å². The molecule has 2 aliphatic heterocycles. The zero-order valence-corrected chi connectivity index (χ0v) is 8.58. The Morgan fingerprint density at radius 1 is 1.46 bits per heavy atom. The maximum absolute atomic E-state index is 5.61. The molecule has 5 heteroatoms. The number of ether oxygens (including phenoxy) is 2. The minimum absolute atomic E-state index is 0.536. The van der Waals surface area contributed by atoms with E-state index in [4.69, 9.17) is 9.47 Å². The first-order chi connectivity index (χ1) is 6.30. The molecule has 0 atom stereocenters. The van der Waals surface area contributed by atoms with Crippen molar-refractivity contribution in [2.24, 2.45) is 0 Å². The van der Waals surface area contributed by atoms with Crippen molar-refractivity contribution in [1.29, 1.82) is 0 Å². The van der Waals surface area contributed by atoms with Gasteiger partial charge in [0.1, 0.15) is 4.60 Å². The van der Waals surface area contributed by atoms with Crippen LogP contribution in [-0.4, -0.2) is 22.8 Å². The fraction of sp³-hybridized carbons (Fsp3) is 0.625. The van der Waals surface area contributed by atoms with Gasteiger partial charge in [0.2, 0.25) is 5.79 Å². The lowest BCUT2D eigenvalue weighted by molar-refractivity contribution is -0.166. The molecule has 1 aromatic rings. The minimum atomic E-state index is -0.536. The normalized spacial score (nSPS) is 24.1. The molecule has 1 spiro atoms. The zero-order valence-electron chi connectivity index (χ0n) is 6.99. The molecule has 0 amide bonds. The lowest BCUT2D eigenvalue weighted by atomic mass is 10.2. The fourth-order valence-corrected chi connectivity index (χ4v) is 2.38. The molecule has 4 nitrogen and oxygen atoms in total. The second-order valence-electron chi connectivity index (χ2n) is 3.28. The summed E-state index contributed by atoms with van der Waals surface area (Å²) in [7, 11) is 0. The van der Waals surface area contributed by atoms with Gasteiger partial charge in [-0.25, -0.2) is 4.98 Å². The second-order valence-corrected chi connectivity index (χ2v) is 4.09. The Kier molecular flexibility index (Phi) is 1.57. The number of hydrogen-bond acceptors (Lipinski definition) is 3. The number of fused-ring (bicyclic) bond motifs is 2. The van der Waals surface area contributed by atoms with E-state index < -0.39 is 5.79 Å². The molecule has 3 rings (SSSR count). The van der Waals surface area contributed by atoms with Crippen LogP contribution >= 0.6 is 15.9 Å². The SMILES string of the molecule is Brc1cn2c(n1)C1(CC2)OCCO1. The molecule has 0 radical (unpaired) electrons. The first-order valence-electron chi connectivity index (χ1n) is 4.31. The van der Waals surface area contributed by atoms with Crippen LogP contribution in [0.25, 0.3) is 0 Å². The third-order valence-electron chi connectivity index (χ3n) is 2.52. The first kappa shape index (κ1) is 7.96. The van der Waals surface area contributed by atoms with Crippen LogP contribution in [0, 0.1) is 0 Å². The molecular formula is C8H9BrN2O2. The number of halogens is 1. The number of aromatic nitrogens is 2. The second kappa shape index (κ2) is 2.56. The number of imidazole rings is 1. The number of aryl methyl sites for hydroxylation is 1. The maximum Gasteiger partial charge on any atom is 0.230 e. The number of hydrogen-bond donors (Lipinski definition) is 0. The van der Waals surface area contributed by atoms with Gasteiger partial charge in [-0.1, -0.05) is 0 Å². The molecule has 0 N–H and O–H groups in total. The van der Waals surface area contributed by atoms with Gasteiger partial charge in [0.05, 0.1) is 13.2 Å². The largest absolute Gasteiger partial charge is 0.341 e. The van der Waals surface area contributed by atoms with Crippen molar-refractivity contribution in [2.75, 3.05) is 13.2 Å². The van der Waals surface area contributed by atoms with Gasteiger partial charge < -0.3 is 14.0 Å². The monoisotopic (exact) mass is 244 g/mol. The Hall–Kier alpha value is -0.390. The summed E-state index contributed by atoms with van der Waals surface area (Å²) in [6.07, 6.45) is 2.84. The summed E-state index contributed by atoms with van der Waals surface area (Å²) >= 11 is 3.35. The number of rotatable bonds is 0. The highest BCUT2D eigenvalue weighted by Gasteiger charge is 2.46. The molecule has 13 heavy (non-hydrogen) atoms. The molecule has 70 valence electrons. The summed E-state index contributed by atoms with van der Waals surface area (Å²) in [5.41, 5.74) is 0. The van der Waals surface area contributed by atoms with Crippen molar-refractivity contribution >= 4 is 15.9 Å². The van der Waals surface area contributed by atoms with E-state index in [2.05, 4.69) is 25.5 Å². The van der Waals surface area contributed by atoms with Crippen molar-refractivity contribution in [3.05, 3.63) is 16.6 Å². The Balaban J connectivity index is 2.09. The van der Waals surface area contributed by atoms with Crippen LogP contribution in [0.5, 0.6) is 0 Å². The third kappa shape index (κ3) is 1.01. The Morgan fingerprint density at radius 2 is 2.23 bits per heavy atom. The standard InChI is InChI=1S/C8H9BrN2O2/c9-6-5-11-2-1-8(7(11)10-6)12-3-4-13-8/h5H,1-4H2. The molecular weight excluding hydrogens is 236 g/mol. The molecule has 1 fully saturated rings. The quantitative estimate of drug-likeness (QED) is 0.690. The maximum atomic E-state index is 5.61. The fourth-order valence-electron chi connectivity index (χ4n) is 1.97. The highest BCUT2D eigenvalue weighted by Crippen LogP contribution is 2.39. The van der Waals surface area contributed by atoms with Crippen LogP contribution in [0.3, 0.4) is 0 Å². The minimum Gasteiger partial charge on any atom is -0.341 e. The van der Waals surface area contributed by atoms with Crippen molar-refractivity contribution in [1.82, 2.24) is 9.55 Å². The van der Waals surface area contributed by atoms with Gasteiger partial charge in [-0.2, -0.15) is 0 Å². The lowest BCUT2D eigenvalue weighted by Gasteiger charge is -2.18. The average molecular weight is 245 g/mol. The lowest BCUT2D eigenvalue weighted by Crippen LogP contribution is -2.24. The van der Waals surface area contributed by atoms with E-state index in [1.165, 1.54) is 0 Å². The van der Waals surface area contributed by atoms with Crippen LogP contribution in [0.4, 0.5) is 0 Å². The van der Waals surface area contributed by atoms with E-state index in [9.17, 15) is 0 Å². The molecule has 2 aliphatic rings. The summed E-state index contributed by atoms with van der Waals surface area (Å²) in [6, 6.07) is 0. The van der Waals surface area contributed by atoms with Gasteiger partial charge in [0, 0.05) is 19.2 Å². The Bertz CT molecular complexity index is 344. The highest BCUT2D eigenvalue weighted by atomic mass is 79.9. The van der Waals surface area contributed by atoms with E-state index in [0.717, 1.165) is 23.4 Å². The summed E-state index contributed by atoms with van der Waals surface area (Å²) in [6.45, 7) is 2.27. The van der Waals surface area contributed by atoms with E-state index in [0.29, 0.717) is 13.2 Å². The van der Waals surface area contributed by atoms with Gasteiger partial charge in [-0.15, -0.1) is 0 Å². The summed E-state index contributed by atoms with van der Waals surface area (Å²) < 4.78 is 14.2. The van der Waals surface area contributed by atoms with Crippen LogP contribution < -0.4 is 0 Å². The van der Waals surface area contributed by atoms with Crippen molar-refractivity contribution < 1.29 is 9.47 Å². The Morgan fingerprint density at radius 3 is 3.00 bits per heavy atom. The molecule has 1 aromatic heterocycles. The first-order valence-corrected chi connectivity index (χ1v) is 5.11. The van der Waals surface area contributed by atoms with Gasteiger partial charge in [0.25, 0.3) is 0 Å². The van der Waals surface area contributed by atoms with Crippen molar-refractivity contribution in [3.8, 4) is 0 Å². The van der Waals surface area contributed by atoms with Gasteiger partial charge in [0.15, 0.2) is 5.82 Å². The van der Waals surface area contributed by atoms with Gasteiger partial charge in [-0.05, 0) is 15.9 Å². The van der Waals surface area contributed by atoms with Crippen LogP contribution in [0.2, 0.25) is 0 Å². The van der Waals surface area contributed by atoms with E-state index in [1.807, 2.05) is 6.20 Å². The van der Waals surface area contributed by atoms with Gasteiger partial charge >= 0.3 is 0 Å².